The highest BCUT2D eigenvalue weighted by Crippen LogP contribution is 2.33. The molecule has 0 saturated heterocycles. The fraction of sp³-hybridized carbons (Fsp3) is 0.357. The molecular formula is C14H17ClN4OS. The second-order valence-corrected chi connectivity index (χ2v) is 7.09. The van der Waals surface area contributed by atoms with Crippen molar-refractivity contribution in [1.82, 2.24) is 14.8 Å². The normalized spacial score (nSPS) is 11.5. The van der Waals surface area contributed by atoms with Crippen molar-refractivity contribution in [3.8, 4) is 0 Å². The van der Waals surface area contributed by atoms with E-state index in [9.17, 15) is 4.79 Å². The molecule has 112 valence electrons. The Balaban J connectivity index is 2.14. The Bertz CT molecular complexity index is 663. The summed E-state index contributed by atoms with van der Waals surface area (Å²) in [4.78, 5) is 12.8. The molecule has 0 atom stereocenters. The summed E-state index contributed by atoms with van der Waals surface area (Å²) in [7, 11) is 1.87. The smallest absolute Gasteiger partial charge is 0.229 e. The molecule has 1 aromatic heterocycles. The first kappa shape index (κ1) is 15.9. The maximum Gasteiger partial charge on any atom is 0.229 e. The summed E-state index contributed by atoms with van der Waals surface area (Å²) in [5.41, 5.74) is 0.237. The molecule has 1 heterocycles. The Labute approximate surface area is 133 Å². The molecule has 0 unspecified atom stereocenters. The van der Waals surface area contributed by atoms with Crippen LogP contribution in [-0.2, 0) is 11.8 Å². The molecule has 0 aliphatic carbocycles. The van der Waals surface area contributed by atoms with E-state index >= 15 is 0 Å². The summed E-state index contributed by atoms with van der Waals surface area (Å²) in [6, 6.07) is 5.43. The minimum absolute atomic E-state index is 0.0488. The first-order valence-corrected chi connectivity index (χ1v) is 7.59. The molecule has 0 bridgehead atoms. The zero-order valence-corrected chi connectivity index (χ0v) is 13.9. The zero-order valence-electron chi connectivity index (χ0n) is 12.3. The van der Waals surface area contributed by atoms with E-state index in [-0.39, 0.29) is 5.91 Å². The van der Waals surface area contributed by atoms with Crippen LogP contribution >= 0.6 is 23.4 Å². The van der Waals surface area contributed by atoms with Crippen LogP contribution in [0.2, 0.25) is 5.02 Å². The Hall–Kier alpha value is -1.53. The van der Waals surface area contributed by atoms with E-state index in [0.717, 1.165) is 10.1 Å². The van der Waals surface area contributed by atoms with Gasteiger partial charge >= 0.3 is 0 Å². The quantitative estimate of drug-likeness (QED) is 0.937. The number of carbonyl (C=O) groups excluding carboxylic acids is 1. The number of rotatable bonds is 3. The minimum atomic E-state index is -0.446. The Morgan fingerprint density at radius 1 is 1.38 bits per heavy atom. The fourth-order valence-electron chi connectivity index (χ4n) is 1.44. The van der Waals surface area contributed by atoms with Gasteiger partial charge in [0.15, 0.2) is 5.16 Å². The van der Waals surface area contributed by atoms with Crippen LogP contribution in [-0.4, -0.2) is 20.7 Å². The van der Waals surface area contributed by atoms with Crippen LogP contribution in [0.4, 0.5) is 5.69 Å². The SMILES string of the molecule is Cn1cnnc1Sc1ccc(NC(=O)C(C)(C)C)cc1Cl. The lowest BCUT2D eigenvalue weighted by Gasteiger charge is -2.18. The highest BCUT2D eigenvalue weighted by atomic mass is 35.5. The van der Waals surface area contributed by atoms with E-state index in [4.69, 9.17) is 11.6 Å². The molecule has 0 saturated carbocycles. The summed E-state index contributed by atoms with van der Waals surface area (Å²) in [6.45, 7) is 5.59. The van der Waals surface area contributed by atoms with Gasteiger partial charge in [-0.1, -0.05) is 32.4 Å². The molecule has 1 N–H and O–H groups in total. The molecule has 0 spiro atoms. The van der Waals surface area contributed by atoms with Crippen LogP contribution in [0.15, 0.2) is 34.6 Å². The van der Waals surface area contributed by atoms with Crippen molar-refractivity contribution in [3.63, 3.8) is 0 Å². The summed E-state index contributed by atoms with van der Waals surface area (Å²) < 4.78 is 1.82. The molecule has 0 aliphatic heterocycles. The van der Waals surface area contributed by atoms with Gasteiger partial charge in [-0.15, -0.1) is 10.2 Å². The number of halogens is 1. The number of anilines is 1. The molecule has 0 fully saturated rings. The van der Waals surface area contributed by atoms with Crippen LogP contribution in [0.5, 0.6) is 0 Å². The van der Waals surface area contributed by atoms with E-state index < -0.39 is 5.41 Å². The largest absolute Gasteiger partial charge is 0.326 e. The van der Waals surface area contributed by atoms with Crippen molar-refractivity contribution >= 4 is 35.0 Å². The van der Waals surface area contributed by atoms with Crippen LogP contribution < -0.4 is 5.32 Å². The van der Waals surface area contributed by atoms with Crippen LogP contribution in [0.25, 0.3) is 0 Å². The third kappa shape index (κ3) is 3.98. The van der Waals surface area contributed by atoms with Crippen LogP contribution in [0.3, 0.4) is 0 Å². The number of amides is 1. The number of aromatic nitrogens is 3. The predicted octanol–water partition coefficient (Wildman–Crippen LogP) is 3.60. The second kappa shape index (κ2) is 6.07. The van der Waals surface area contributed by atoms with Crippen molar-refractivity contribution in [2.45, 2.75) is 30.8 Å². The van der Waals surface area contributed by atoms with Crippen molar-refractivity contribution < 1.29 is 4.79 Å². The Kier molecular flexibility index (Phi) is 4.58. The number of nitrogens with one attached hydrogen (secondary N) is 1. The molecule has 2 aromatic rings. The molecule has 0 radical (unpaired) electrons. The van der Waals surface area contributed by atoms with Gasteiger partial charge in [-0.3, -0.25) is 4.79 Å². The van der Waals surface area contributed by atoms with Gasteiger partial charge < -0.3 is 9.88 Å². The highest BCUT2D eigenvalue weighted by Gasteiger charge is 2.21. The average Bonchev–Trinajstić information content (AvgIpc) is 2.77. The lowest BCUT2D eigenvalue weighted by molar-refractivity contribution is -0.123. The topological polar surface area (TPSA) is 59.8 Å². The highest BCUT2D eigenvalue weighted by molar-refractivity contribution is 7.99. The van der Waals surface area contributed by atoms with Gasteiger partial charge in [0, 0.05) is 23.0 Å². The van der Waals surface area contributed by atoms with Gasteiger partial charge in [0.25, 0.3) is 0 Å². The van der Waals surface area contributed by atoms with Crippen molar-refractivity contribution in [2.75, 3.05) is 5.32 Å². The zero-order chi connectivity index (χ0) is 15.6. The predicted molar refractivity (Wildman–Crippen MR) is 84.7 cm³/mol. The van der Waals surface area contributed by atoms with Crippen molar-refractivity contribution in [2.24, 2.45) is 12.5 Å². The van der Waals surface area contributed by atoms with Gasteiger partial charge in [-0.25, -0.2) is 0 Å². The van der Waals surface area contributed by atoms with Gasteiger partial charge in [-0.2, -0.15) is 0 Å². The molecule has 5 nitrogen and oxygen atoms in total. The van der Waals surface area contributed by atoms with Crippen molar-refractivity contribution in [3.05, 3.63) is 29.5 Å². The van der Waals surface area contributed by atoms with Gasteiger partial charge in [-0.05, 0) is 30.0 Å². The van der Waals surface area contributed by atoms with E-state index in [2.05, 4.69) is 15.5 Å². The Morgan fingerprint density at radius 2 is 2.10 bits per heavy atom. The molecule has 21 heavy (non-hydrogen) atoms. The van der Waals surface area contributed by atoms with E-state index in [1.807, 2.05) is 44.5 Å². The summed E-state index contributed by atoms with van der Waals surface area (Å²) in [6.07, 6.45) is 1.63. The molecule has 1 amide bonds. The van der Waals surface area contributed by atoms with Gasteiger partial charge in [0.2, 0.25) is 5.91 Å². The second-order valence-electron chi connectivity index (χ2n) is 5.68. The lowest BCUT2D eigenvalue weighted by atomic mass is 9.95. The number of aryl methyl sites for hydroxylation is 1. The molecule has 1 aromatic carbocycles. The maximum absolute atomic E-state index is 12.0. The molecule has 0 aliphatic rings. The molecule has 7 heteroatoms. The van der Waals surface area contributed by atoms with E-state index in [0.29, 0.717) is 10.7 Å². The monoisotopic (exact) mass is 324 g/mol. The summed E-state index contributed by atoms with van der Waals surface area (Å²) in [5, 5.41) is 12.0. The van der Waals surface area contributed by atoms with Crippen molar-refractivity contribution in [1.29, 1.82) is 0 Å². The average molecular weight is 325 g/mol. The lowest BCUT2D eigenvalue weighted by Crippen LogP contribution is -2.27. The maximum atomic E-state index is 12.0. The van der Waals surface area contributed by atoms with Gasteiger partial charge in [0.05, 0.1) is 5.02 Å². The standard InChI is InChI=1S/C14H17ClN4OS/c1-14(2,3)12(20)17-9-5-6-11(10(15)7-9)21-13-18-16-8-19(13)4/h5-8H,1-4H3,(H,17,20). The fourth-order valence-corrected chi connectivity index (χ4v) is 2.51. The number of carbonyl (C=O) groups is 1. The molecule has 2 rings (SSSR count). The molecular weight excluding hydrogens is 308 g/mol. The third-order valence-corrected chi connectivity index (χ3v) is 4.29. The number of hydrogen-bond donors (Lipinski definition) is 1. The third-order valence-electron chi connectivity index (χ3n) is 2.74. The number of benzene rings is 1. The first-order chi connectivity index (χ1) is 9.77. The number of hydrogen-bond acceptors (Lipinski definition) is 4. The van der Waals surface area contributed by atoms with E-state index in [1.54, 1.807) is 12.4 Å². The van der Waals surface area contributed by atoms with Crippen LogP contribution in [0, 0.1) is 5.41 Å². The first-order valence-electron chi connectivity index (χ1n) is 6.40. The minimum Gasteiger partial charge on any atom is -0.326 e. The van der Waals surface area contributed by atoms with E-state index in [1.165, 1.54) is 11.8 Å². The number of nitrogens with zero attached hydrogens (tertiary/aromatic N) is 3. The Morgan fingerprint density at radius 3 is 2.62 bits per heavy atom. The van der Waals surface area contributed by atoms with Crippen LogP contribution in [0.1, 0.15) is 20.8 Å². The summed E-state index contributed by atoms with van der Waals surface area (Å²) in [5.74, 6) is -0.0488. The van der Waals surface area contributed by atoms with Gasteiger partial charge in [0.1, 0.15) is 6.33 Å². The summed E-state index contributed by atoms with van der Waals surface area (Å²) >= 11 is 7.69.